The molecule has 0 aliphatic carbocycles. The molecule has 1 N–H and O–H groups in total. The van der Waals surface area contributed by atoms with E-state index in [9.17, 15) is 0 Å². The van der Waals surface area contributed by atoms with Crippen LogP contribution in [0.1, 0.15) is 22.9 Å². The topological polar surface area (TPSA) is 49.9 Å². The lowest BCUT2D eigenvalue weighted by atomic mass is 9.89. The van der Waals surface area contributed by atoms with Crippen molar-refractivity contribution in [3.63, 3.8) is 0 Å². The number of para-hydroxylation sites is 1. The predicted octanol–water partition coefficient (Wildman–Crippen LogP) is 11.7. The molecule has 10 rings (SSSR count). The molecule has 1 aliphatic heterocycles. The highest BCUT2D eigenvalue weighted by Crippen LogP contribution is 2.43. The first-order valence-electron chi connectivity index (χ1n) is 17.3. The zero-order chi connectivity index (χ0) is 33.7. The maximum atomic E-state index is 6.50. The van der Waals surface area contributed by atoms with Crippen molar-refractivity contribution in [1.29, 1.82) is 0 Å². The highest BCUT2D eigenvalue weighted by molar-refractivity contribution is 6.17. The van der Waals surface area contributed by atoms with Crippen molar-refractivity contribution in [3.05, 3.63) is 193 Å². The van der Waals surface area contributed by atoms with Crippen LogP contribution in [0.25, 0.3) is 65.7 Å². The van der Waals surface area contributed by atoms with Crippen molar-refractivity contribution in [3.8, 4) is 22.3 Å². The Morgan fingerprint density at radius 1 is 0.451 bits per heavy atom. The standard InChI is InChI=1S/C47H31N3O/c1-3-13-30(14-4-1)35-28-41(44-40-21-11-12-22-42(40)51-43(44)29-35)38-25-26-39(37-20-10-9-19-36(37)38)47-49-45(32-16-5-2-6-17-32)48-46(50-47)34-24-23-31-15-7-8-18-33(31)27-34/h1-29,47H,(H,48,49,50). The Labute approximate surface area is 295 Å². The molecule has 0 spiro atoms. The summed E-state index contributed by atoms with van der Waals surface area (Å²) >= 11 is 0. The zero-order valence-corrected chi connectivity index (χ0v) is 27.6. The molecule has 0 radical (unpaired) electrons. The van der Waals surface area contributed by atoms with E-state index in [1.807, 2.05) is 30.3 Å². The number of hydrogen-bond donors (Lipinski definition) is 1. The SMILES string of the molecule is c1ccc(C2=NC(c3ccc(-c4cc(-c5ccccc5)cc5oc6ccccc6c45)c4ccccc34)NC(c3ccc4ccccc4c3)=N2)cc1. The smallest absolute Gasteiger partial charge is 0.159 e. The van der Waals surface area contributed by atoms with Crippen molar-refractivity contribution in [2.45, 2.75) is 6.17 Å². The Kier molecular flexibility index (Phi) is 6.85. The molecular formula is C47H31N3O. The number of nitrogens with one attached hydrogen (secondary N) is 1. The minimum atomic E-state index is -0.358. The van der Waals surface area contributed by atoms with Crippen molar-refractivity contribution < 1.29 is 4.42 Å². The van der Waals surface area contributed by atoms with E-state index in [0.29, 0.717) is 5.84 Å². The molecular weight excluding hydrogens is 623 g/mol. The van der Waals surface area contributed by atoms with Crippen LogP contribution in [0.3, 0.4) is 0 Å². The number of rotatable bonds is 5. The van der Waals surface area contributed by atoms with E-state index in [4.69, 9.17) is 14.4 Å². The molecule has 0 bridgehead atoms. The molecule has 0 amide bonds. The minimum absolute atomic E-state index is 0.358. The average molecular weight is 654 g/mol. The van der Waals surface area contributed by atoms with Gasteiger partial charge >= 0.3 is 0 Å². The Hall–Kier alpha value is -6.78. The second-order valence-corrected chi connectivity index (χ2v) is 13.0. The molecule has 1 aliphatic rings. The summed E-state index contributed by atoms with van der Waals surface area (Å²) in [5, 5.41) is 10.6. The number of hydrogen-bond acceptors (Lipinski definition) is 4. The van der Waals surface area contributed by atoms with Gasteiger partial charge in [-0.05, 0) is 68.1 Å². The van der Waals surface area contributed by atoms with E-state index in [0.717, 1.165) is 77.5 Å². The first-order valence-corrected chi connectivity index (χ1v) is 17.3. The Balaban J connectivity index is 1.16. The molecule has 51 heavy (non-hydrogen) atoms. The van der Waals surface area contributed by atoms with Crippen LogP contribution in [0.4, 0.5) is 0 Å². The van der Waals surface area contributed by atoms with Gasteiger partial charge in [0.05, 0.1) is 0 Å². The van der Waals surface area contributed by atoms with Crippen LogP contribution in [0.2, 0.25) is 0 Å². The zero-order valence-electron chi connectivity index (χ0n) is 27.6. The molecule has 4 heteroatoms. The summed E-state index contributed by atoms with van der Waals surface area (Å²) in [7, 11) is 0. The number of aliphatic imine (C=N–C) groups is 2. The molecule has 2 heterocycles. The molecule has 0 saturated carbocycles. The van der Waals surface area contributed by atoms with E-state index in [-0.39, 0.29) is 6.17 Å². The van der Waals surface area contributed by atoms with E-state index < -0.39 is 0 Å². The second-order valence-electron chi connectivity index (χ2n) is 13.0. The first-order chi connectivity index (χ1) is 25.3. The fourth-order valence-corrected chi connectivity index (χ4v) is 7.47. The summed E-state index contributed by atoms with van der Waals surface area (Å²) in [4.78, 5) is 10.3. The van der Waals surface area contributed by atoms with Gasteiger partial charge in [0.15, 0.2) is 5.84 Å². The van der Waals surface area contributed by atoms with Crippen molar-refractivity contribution in [1.82, 2.24) is 5.32 Å². The molecule has 4 nitrogen and oxygen atoms in total. The lowest BCUT2D eigenvalue weighted by Crippen LogP contribution is -2.33. The third kappa shape index (κ3) is 5.08. The van der Waals surface area contributed by atoms with Gasteiger partial charge in [-0.2, -0.15) is 0 Å². The van der Waals surface area contributed by atoms with Crippen LogP contribution >= 0.6 is 0 Å². The largest absolute Gasteiger partial charge is 0.456 e. The fraction of sp³-hybridized carbons (Fsp3) is 0.0213. The maximum absolute atomic E-state index is 6.50. The van der Waals surface area contributed by atoms with Gasteiger partial charge in [0.1, 0.15) is 23.2 Å². The van der Waals surface area contributed by atoms with Gasteiger partial charge in [0, 0.05) is 27.5 Å². The number of benzene rings is 8. The normalized spacial score (nSPS) is 14.5. The number of amidine groups is 2. The minimum Gasteiger partial charge on any atom is -0.456 e. The van der Waals surface area contributed by atoms with Crippen molar-refractivity contribution >= 4 is 55.2 Å². The Morgan fingerprint density at radius 3 is 1.96 bits per heavy atom. The quantitative estimate of drug-likeness (QED) is 0.201. The third-order valence-corrected chi connectivity index (χ3v) is 9.93. The molecule has 8 aromatic carbocycles. The van der Waals surface area contributed by atoms with E-state index >= 15 is 0 Å². The van der Waals surface area contributed by atoms with Gasteiger partial charge in [-0.1, -0.05) is 152 Å². The lowest BCUT2D eigenvalue weighted by Gasteiger charge is -2.25. The Morgan fingerprint density at radius 2 is 1.14 bits per heavy atom. The number of fused-ring (bicyclic) bond motifs is 5. The first kappa shape index (κ1) is 29.2. The van der Waals surface area contributed by atoms with Crippen LogP contribution in [0.15, 0.2) is 190 Å². The molecule has 1 unspecified atom stereocenters. The average Bonchev–Trinajstić information content (AvgIpc) is 3.59. The molecule has 240 valence electrons. The summed E-state index contributed by atoms with van der Waals surface area (Å²) in [6.45, 7) is 0. The third-order valence-electron chi connectivity index (χ3n) is 9.93. The predicted molar refractivity (Wildman–Crippen MR) is 211 cm³/mol. The monoisotopic (exact) mass is 653 g/mol. The van der Waals surface area contributed by atoms with Crippen LogP contribution < -0.4 is 5.32 Å². The van der Waals surface area contributed by atoms with Crippen LogP contribution in [0, 0.1) is 0 Å². The summed E-state index contributed by atoms with van der Waals surface area (Å²) < 4.78 is 6.50. The highest BCUT2D eigenvalue weighted by Gasteiger charge is 2.24. The second kappa shape index (κ2) is 12.0. The molecule has 0 saturated heterocycles. The summed E-state index contributed by atoms with van der Waals surface area (Å²) in [5.74, 6) is 1.51. The van der Waals surface area contributed by atoms with Crippen molar-refractivity contribution in [2.75, 3.05) is 0 Å². The molecule has 9 aromatic rings. The van der Waals surface area contributed by atoms with Gasteiger partial charge in [0.25, 0.3) is 0 Å². The molecule has 0 fully saturated rings. The summed E-state index contributed by atoms with van der Waals surface area (Å²) in [5.41, 5.74) is 9.41. The summed E-state index contributed by atoms with van der Waals surface area (Å²) in [6, 6.07) is 61.6. The molecule has 1 atom stereocenters. The van der Waals surface area contributed by atoms with Gasteiger partial charge in [0.2, 0.25) is 0 Å². The van der Waals surface area contributed by atoms with E-state index in [2.05, 4.69) is 151 Å². The van der Waals surface area contributed by atoms with Crippen LogP contribution in [0.5, 0.6) is 0 Å². The lowest BCUT2D eigenvalue weighted by molar-refractivity contribution is 0.669. The Bertz CT molecular complexity index is 2830. The van der Waals surface area contributed by atoms with Crippen LogP contribution in [-0.2, 0) is 0 Å². The van der Waals surface area contributed by atoms with E-state index in [1.54, 1.807) is 0 Å². The maximum Gasteiger partial charge on any atom is 0.159 e. The summed E-state index contributed by atoms with van der Waals surface area (Å²) in [6.07, 6.45) is -0.358. The van der Waals surface area contributed by atoms with Gasteiger partial charge in [-0.3, -0.25) is 0 Å². The molecule has 1 aromatic heterocycles. The fourth-order valence-electron chi connectivity index (χ4n) is 7.47. The van der Waals surface area contributed by atoms with Gasteiger partial charge in [-0.15, -0.1) is 0 Å². The van der Waals surface area contributed by atoms with Crippen LogP contribution in [-0.4, -0.2) is 11.7 Å². The van der Waals surface area contributed by atoms with E-state index in [1.165, 1.54) is 10.8 Å². The number of furan rings is 1. The van der Waals surface area contributed by atoms with Gasteiger partial charge < -0.3 is 9.73 Å². The van der Waals surface area contributed by atoms with Gasteiger partial charge in [-0.25, -0.2) is 9.98 Å². The van der Waals surface area contributed by atoms with Crippen molar-refractivity contribution in [2.24, 2.45) is 9.98 Å². The number of nitrogens with zero attached hydrogens (tertiary/aromatic N) is 2. The highest BCUT2D eigenvalue weighted by atomic mass is 16.3.